The summed E-state index contributed by atoms with van der Waals surface area (Å²) >= 11 is 0. The molecule has 0 saturated carbocycles. The van der Waals surface area contributed by atoms with Gasteiger partial charge in [0.15, 0.2) is 0 Å². The van der Waals surface area contributed by atoms with E-state index in [4.69, 9.17) is 0 Å². The lowest BCUT2D eigenvalue weighted by molar-refractivity contribution is -0.0860. The van der Waals surface area contributed by atoms with Crippen LogP contribution in [0.2, 0.25) is 0 Å². The molecule has 4 heteroatoms. The second-order valence-corrected chi connectivity index (χ2v) is 6.22. The van der Waals surface area contributed by atoms with E-state index in [0.717, 1.165) is 64.5 Å². The third-order valence-electron chi connectivity index (χ3n) is 4.97. The predicted molar refractivity (Wildman–Crippen MR) is 72.1 cm³/mol. The zero-order valence-electron chi connectivity index (χ0n) is 11.9. The van der Waals surface area contributed by atoms with Gasteiger partial charge in [-0.25, -0.2) is 0 Å². The normalized spacial score (nSPS) is 38.7. The summed E-state index contributed by atoms with van der Waals surface area (Å²) in [6.45, 7) is 2.01. The SMILES string of the molecule is CN1CCCC1(O)CCCCC1(O)CCCN1C. The summed E-state index contributed by atoms with van der Waals surface area (Å²) in [7, 11) is 4.01. The molecule has 0 aromatic heterocycles. The van der Waals surface area contributed by atoms with Crippen LogP contribution in [0.15, 0.2) is 0 Å². The van der Waals surface area contributed by atoms with Crippen LogP contribution in [0.4, 0.5) is 0 Å². The van der Waals surface area contributed by atoms with E-state index in [1.807, 2.05) is 14.1 Å². The molecule has 0 aromatic rings. The van der Waals surface area contributed by atoms with Crippen molar-refractivity contribution in [1.82, 2.24) is 9.80 Å². The van der Waals surface area contributed by atoms with Crippen LogP contribution in [0.1, 0.15) is 51.4 Å². The number of nitrogens with zero attached hydrogens (tertiary/aromatic N) is 2. The summed E-state index contributed by atoms with van der Waals surface area (Å²) in [5, 5.41) is 20.8. The van der Waals surface area contributed by atoms with Crippen LogP contribution in [0, 0.1) is 0 Å². The van der Waals surface area contributed by atoms with Gasteiger partial charge in [0, 0.05) is 13.1 Å². The average Bonchev–Trinajstić information content (AvgIpc) is 2.81. The summed E-state index contributed by atoms with van der Waals surface area (Å²) in [5.41, 5.74) is -1.16. The Morgan fingerprint density at radius 2 is 1.22 bits per heavy atom. The van der Waals surface area contributed by atoms with E-state index in [1.165, 1.54) is 0 Å². The Bertz CT molecular complexity index is 259. The van der Waals surface area contributed by atoms with Crippen molar-refractivity contribution >= 4 is 0 Å². The van der Waals surface area contributed by atoms with Gasteiger partial charge in [-0.3, -0.25) is 9.80 Å². The van der Waals surface area contributed by atoms with Gasteiger partial charge in [-0.1, -0.05) is 0 Å². The predicted octanol–water partition coefficient (Wildman–Crippen LogP) is 1.38. The van der Waals surface area contributed by atoms with E-state index in [2.05, 4.69) is 9.80 Å². The van der Waals surface area contributed by atoms with Crippen LogP contribution < -0.4 is 0 Å². The zero-order chi connectivity index (χ0) is 13.2. The third-order valence-corrected chi connectivity index (χ3v) is 4.97. The first-order valence-corrected chi connectivity index (χ1v) is 7.34. The lowest BCUT2D eigenvalue weighted by atomic mass is 9.98. The Morgan fingerprint density at radius 3 is 1.50 bits per heavy atom. The third kappa shape index (κ3) is 2.87. The smallest absolute Gasteiger partial charge is 0.118 e. The first-order chi connectivity index (χ1) is 8.46. The molecule has 0 spiro atoms. The molecular formula is C14H28N2O2. The number of aliphatic hydroxyl groups is 2. The van der Waals surface area contributed by atoms with Crippen molar-refractivity contribution in [3.05, 3.63) is 0 Å². The highest BCUT2D eigenvalue weighted by Gasteiger charge is 2.37. The van der Waals surface area contributed by atoms with E-state index in [9.17, 15) is 10.2 Å². The van der Waals surface area contributed by atoms with Crippen LogP contribution in [-0.2, 0) is 0 Å². The van der Waals surface area contributed by atoms with Crippen molar-refractivity contribution in [3.63, 3.8) is 0 Å². The van der Waals surface area contributed by atoms with Gasteiger partial charge in [0.25, 0.3) is 0 Å². The average molecular weight is 256 g/mol. The summed E-state index contributed by atoms with van der Waals surface area (Å²) in [4.78, 5) is 4.15. The van der Waals surface area contributed by atoms with Gasteiger partial charge in [0.2, 0.25) is 0 Å². The fourth-order valence-electron chi connectivity index (χ4n) is 3.44. The molecule has 18 heavy (non-hydrogen) atoms. The van der Waals surface area contributed by atoms with Crippen LogP contribution in [0.3, 0.4) is 0 Å². The molecule has 2 aliphatic rings. The largest absolute Gasteiger partial charge is 0.376 e. The lowest BCUT2D eigenvalue weighted by Gasteiger charge is -2.32. The van der Waals surface area contributed by atoms with Crippen LogP contribution in [0.5, 0.6) is 0 Å². The van der Waals surface area contributed by atoms with Crippen molar-refractivity contribution in [2.75, 3.05) is 27.2 Å². The summed E-state index contributed by atoms with van der Waals surface area (Å²) < 4.78 is 0. The second kappa shape index (κ2) is 5.45. The van der Waals surface area contributed by atoms with E-state index in [-0.39, 0.29) is 0 Å². The highest BCUT2D eigenvalue weighted by molar-refractivity contribution is 4.86. The van der Waals surface area contributed by atoms with Crippen molar-refractivity contribution in [1.29, 1.82) is 0 Å². The molecule has 2 atom stereocenters. The molecule has 0 amide bonds. The van der Waals surface area contributed by atoms with E-state index in [0.29, 0.717) is 0 Å². The fourth-order valence-corrected chi connectivity index (χ4v) is 3.44. The molecule has 0 bridgehead atoms. The first-order valence-electron chi connectivity index (χ1n) is 7.34. The molecule has 0 aromatic carbocycles. The minimum atomic E-state index is -0.579. The Labute approximate surface area is 111 Å². The number of rotatable bonds is 5. The molecule has 0 radical (unpaired) electrons. The summed E-state index contributed by atoms with van der Waals surface area (Å²) in [6.07, 6.45) is 7.65. The van der Waals surface area contributed by atoms with Crippen LogP contribution in [-0.4, -0.2) is 58.6 Å². The minimum Gasteiger partial charge on any atom is -0.376 e. The van der Waals surface area contributed by atoms with E-state index in [1.54, 1.807) is 0 Å². The first kappa shape index (κ1) is 14.3. The Kier molecular flexibility index (Phi) is 4.32. The summed E-state index contributed by atoms with van der Waals surface area (Å²) in [6, 6.07) is 0. The van der Waals surface area contributed by atoms with Gasteiger partial charge in [0.1, 0.15) is 11.4 Å². The standard InChI is InChI=1S/C14H28N2O2/c1-15-11-5-9-13(15,17)7-3-4-8-14(18)10-6-12-16(14)2/h17-18H,3-12H2,1-2H3. The highest BCUT2D eigenvalue weighted by Crippen LogP contribution is 2.33. The molecule has 2 saturated heterocycles. The quantitative estimate of drug-likeness (QED) is 0.730. The molecule has 2 rings (SSSR count). The number of unbranched alkanes of at least 4 members (excludes halogenated alkanes) is 1. The van der Waals surface area contributed by atoms with E-state index < -0.39 is 11.4 Å². The van der Waals surface area contributed by atoms with Gasteiger partial charge < -0.3 is 10.2 Å². The topological polar surface area (TPSA) is 46.9 Å². The van der Waals surface area contributed by atoms with Crippen molar-refractivity contribution in [2.45, 2.75) is 62.8 Å². The second-order valence-electron chi connectivity index (χ2n) is 6.22. The summed E-state index contributed by atoms with van der Waals surface area (Å²) in [5.74, 6) is 0. The van der Waals surface area contributed by atoms with Gasteiger partial charge in [0.05, 0.1) is 0 Å². The van der Waals surface area contributed by atoms with Gasteiger partial charge in [-0.05, 0) is 65.5 Å². The molecular weight excluding hydrogens is 228 g/mol. The van der Waals surface area contributed by atoms with Gasteiger partial charge in [-0.2, -0.15) is 0 Å². The van der Waals surface area contributed by atoms with Crippen molar-refractivity contribution in [2.24, 2.45) is 0 Å². The number of likely N-dealkylation sites (tertiary alicyclic amines) is 2. The number of hydrogen-bond acceptors (Lipinski definition) is 4. The molecule has 106 valence electrons. The number of hydrogen-bond donors (Lipinski definition) is 2. The van der Waals surface area contributed by atoms with Crippen LogP contribution in [0.25, 0.3) is 0 Å². The fraction of sp³-hybridized carbons (Fsp3) is 1.00. The maximum absolute atomic E-state index is 10.4. The molecule has 2 unspecified atom stereocenters. The van der Waals surface area contributed by atoms with E-state index >= 15 is 0 Å². The molecule has 0 aliphatic carbocycles. The maximum Gasteiger partial charge on any atom is 0.118 e. The van der Waals surface area contributed by atoms with Gasteiger partial charge in [-0.15, -0.1) is 0 Å². The molecule has 2 heterocycles. The molecule has 4 nitrogen and oxygen atoms in total. The lowest BCUT2D eigenvalue weighted by Crippen LogP contribution is -2.42. The Balaban J connectivity index is 1.70. The van der Waals surface area contributed by atoms with Gasteiger partial charge >= 0.3 is 0 Å². The minimum absolute atomic E-state index is 0.579. The Morgan fingerprint density at radius 1 is 0.833 bits per heavy atom. The van der Waals surface area contributed by atoms with Crippen molar-refractivity contribution < 1.29 is 10.2 Å². The maximum atomic E-state index is 10.4. The van der Waals surface area contributed by atoms with Crippen LogP contribution >= 0.6 is 0 Å². The monoisotopic (exact) mass is 256 g/mol. The molecule has 2 fully saturated rings. The zero-order valence-corrected chi connectivity index (χ0v) is 11.9. The Hall–Kier alpha value is -0.160. The molecule has 2 aliphatic heterocycles. The molecule has 2 N–H and O–H groups in total. The highest BCUT2D eigenvalue weighted by atomic mass is 16.3. The van der Waals surface area contributed by atoms with Crippen molar-refractivity contribution in [3.8, 4) is 0 Å².